The van der Waals surface area contributed by atoms with Gasteiger partial charge < -0.3 is 10.1 Å². The third-order valence-electron chi connectivity index (χ3n) is 2.55. The van der Waals surface area contributed by atoms with Crippen molar-refractivity contribution in [2.75, 3.05) is 20.2 Å². The number of nitrogens with one attached hydrogen (secondary N) is 1. The van der Waals surface area contributed by atoms with Crippen LogP contribution in [0.4, 0.5) is 0 Å². The molecule has 0 saturated heterocycles. The molecule has 0 fully saturated rings. The number of nitrogens with zero attached hydrogens (tertiary/aromatic N) is 1. The quantitative estimate of drug-likeness (QED) is 0.467. The maximum absolute atomic E-state index is 11.3. The molecule has 18 heavy (non-hydrogen) atoms. The molecule has 0 aliphatic carbocycles. The van der Waals surface area contributed by atoms with Crippen molar-refractivity contribution >= 4 is 17.3 Å². The van der Waals surface area contributed by atoms with Gasteiger partial charge in [0, 0.05) is 30.5 Å². The van der Waals surface area contributed by atoms with Gasteiger partial charge in [-0.25, -0.2) is 9.78 Å². The van der Waals surface area contributed by atoms with E-state index in [-0.39, 0.29) is 5.97 Å². The number of carbonyl (C=O) groups excluding carboxylic acids is 1. The highest BCUT2D eigenvalue weighted by Crippen LogP contribution is 2.07. The van der Waals surface area contributed by atoms with Crippen LogP contribution in [0, 0.1) is 6.92 Å². The lowest BCUT2D eigenvalue weighted by Crippen LogP contribution is -2.18. The van der Waals surface area contributed by atoms with Crippen molar-refractivity contribution in [1.29, 1.82) is 0 Å². The summed E-state index contributed by atoms with van der Waals surface area (Å²) in [6, 6.07) is 0. The molecule has 0 bridgehead atoms. The molecule has 1 heterocycles. The molecule has 0 saturated carbocycles. The minimum absolute atomic E-state index is 0.241. The molecule has 0 atom stereocenters. The highest BCUT2D eigenvalue weighted by atomic mass is 32.1. The molecule has 0 aliphatic heterocycles. The second-order valence-electron chi connectivity index (χ2n) is 3.89. The Hall–Kier alpha value is -1.20. The van der Waals surface area contributed by atoms with Crippen molar-refractivity contribution < 1.29 is 9.53 Å². The number of aryl methyl sites for hydroxylation is 1. The molecule has 1 N–H and O–H groups in total. The van der Waals surface area contributed by atoms with E-state index in [1.807, 2.05) is 19.9 Å². The molecule has 0 spiro atoms. The van der Waals surface area contributed by atoms with Crippen LogP contribution in [-0.2, 0) is 16.0 Å². The van der Waals surface area contributed by atoms with Crippen LogP contribution in [0.1, 0.15) is 24.0 Å². The topological polar surface area (TPSA) is 51.2 Å². The average molecular weight is 268 g/mol. The predicted molar refractivity (Wildman–Crippen MR) is 73.8 cm³/mol. The van der Waals surface area contributed by atoms with Crippen molar-refractivity contribution in [2.24, 2.45) is 0 Å². The minimum atomic E-state index is -0.241. The summed E-state index contributed by atoms with van der Waals surface area (Å²) in [7, 11) is 1.41. The maximum Gasteiger partial charge on any atom is 0.333 e. The van der Waals surface area contributed by atoms with E-state index in [4.69, 9.17) is 0 Å². The standard InChI is InChI=1S/C13H20N2O2S/c1-4-11(13(16)17-3)5-7-14-8-6-12-9-18-10(2)15-12/h5,9,14H,4,6-8H2,1-3H3. The van der Waals surface area contributed by atoms with Gasteiger partial charge in [0.1, 0.15) is 0 Å². The summed E-state index contributed by atoms with van der Waals surface area (Å²) in [4.78, 5) is 15.7. The lowest BCUT2D eigenvalue weighted by Gasteiger charge is -2.03. The molecule has 5 heteroatoms. The van der Waals surface area contributed by atoms with E-state index in [0.29, 0.717) is 13.0 Å². The van der Waals surface area contributed by atoms with Crippen molar-refractivity contribution in [2.45, 2.75) is 26.7 Å². The molecule has 1 aromatic heterocycles. The molecule has 0 aromatic carbocycles. The molecule has 1 aromatic rings. The van der Waals surface area contributed by atoms with E-state index in [1.54, 1.807) is 11.3 Å². The van der Waals surface area contributed by atoms with Crippen LogP contribution in [0.2, 0.25) is 0 Å². The van der Waals surface area contributed by atoms with E-state index in [0.717, 1.165) is 29.2 Å². The average Bonchev–Trinajstić information content (AvgIpc) is 2.78. The van der Waals surface area contributed by atoms with Crippen molar-refractivity contribution in [3.8, 4) is 0 Å². The molecule has 4 nitrogen and oxygen atoms in total. The van der Waals surface area contributed by atoms with Gasteiger partial charge in [-0.3, -0.25) is 0 Å². The van der Waals surface area contributed by atoms with E-state index >= 15 is 0 Å². The zero-order chi connectivity index (χ0) is 13.4. The number of methoxy groups -OCH3 is 1. The van der Waals surface area contributed by atoms with Crippen LogP contribution in [0.5, 0.6) is 0 Å². The smallest absolute Gasteiger partial charge is 0.333 e. The van der Waals surface area contributed by atoms with Gasteiger partial charge in [-0.15, -0.1) is 11.3 Å². The van der Waals surface area contributed by atoms with Crippen LogP contribution in [0.15, 0.2) is 17.0 Å². The summed E-state index contributed by atoms with van der Waals surface area (Å²) in [5.41, 5.74) is 1.84. The monoisotopic (exact) mass is 268 g/mol. The molecule has 1 rings (SSSR count). The predicted octanol–water partition coefficient (Wildman–Crippen LogP) is 2.09. The summed E-state index contributed by atoms with van der Waals surface area (Å²) in [6.45, 7) is 5.49. The highest BCUT2D eigenvalue weighted by Gasteiger charge is 2.05. The summed E-state index contributed by atoms with van der Waals surface area (Å²) in [5.74, 6) is -0.241. The van der Waals surface area contributed by atoms with Gasteiger partial charge >= 0.3 is 5.97 Å². The lowest BCUT2D eigenvalue weighted by molar-refractivity contribution is -0.136. The molecule has 0 unspecified atom stereocenters. The zero-order valence-electron chi connectivity index (χ0n) is 11.2. The van der Waals surface area contributed by atoms with Gasteiger partial charge in [0.2, 0.25) is 0 Å². The number of aromatic nitrogens is 1. The van der Waals surface area contributed by atoms with Crippen molar-refractivity contribution in [3.63, 3.8) is 0 Å². The zero-order valence-corrected chi connectivity index (χ0v) is 12.0. The number of esters is 1. The molecular weight excluding hydrogens is 248 g/mol. The Bertz CT molecular complexity index is 413. The second-order valence-corrected chi connectivity index (χ2v) is 4.95. The van der Waals surface area contributed by atoms with Gasteiger partial charge in [0.15, 0.2) is 0 Å². The number of rotatable bonds is 7. The molecule has 100 valence electrons. The molecule has 0 aliphatic rings. The maximum atomic E-state index is 11.3. The third-order valence-corrected chi connectivity index (χ3v) is 3.37. The van der Waals surface area contributed by atoms with E-state index in [2.05, 4.69) is 20.4 Å². The van der Waals surface area contributed by atoms with Gasteiger partial charge in [0.05, 0.1) is 17.8 Å². The number of hydrogen-bond donors (Lipinski definition) is 1. The van der Waals surface area contributed by atoms with Gasteiger partial charge in [-0.1, -0.05) is 13.0 Å². The molecule has 0 amide bonds. The number of hydrogen-bond acceptors (Lipinski definition) is 5. The van der Waals surface area contributed by atoms with Crippen LogP contribution in [0.25, 0.3) is 0 Å². The first-order chi connectivity index (χ1) is 8.67. The van der Waals surface area contributed by atoms with Crippen LogP contribution in [0.3, 0.4) is 0 Å². The summed E-state index contributed by atoms with van der Waals surface area (Å²) >= 11 is 1.67. The van der Waals surface area contributed by atoms with E-state index in [9.17, 15) is 4.79 Å². The first-order valence-electron chi connectivity index (χ1n) is 6.06. The normalized spacial score (nSPS) is 11.6. The minimum Gasteiger partial charge on any atom is -0.466 e. The Labute approximate surface area is 112 Å². The fourth-order valence-corrected chi connectivity index (χ4v) is 2.19. The van der Waals surface area contributed by atoms with Crippen LogP contribution in [-0.4, -0.2) is 31.2 Å². The van der Waals surface area contributed by atoms with Crippen LogP contribution < -0.4 is 5.32 Å². The van der Waals surface area contributed by atoms with Crippen LogP contribution >= 0.6 is 11.3 Å². The van der Waals surface area contributed by atoms with Gasteiger partial charge in [-0.05, 0) is 13.3 Å². The number of thiazole rings is 1. The Kier molecular flexibility index (Phi) is 6.60. The molecular formula is C13H20N2O2S. The largest absolute Gasteiger partial charge is 0.466 e. The van der Waals surface area contributed by atoms with Crippen molar-refractivity contribution in [1.82, 2.24) is 10.3 Å². The number of ether oxygens (including phenoxy) is 1. The van der Waals surface area contributed by atoms with Gasteiger partial charge in [0.25, 0.3) is 0 Å². The Morgan fingerprint density at radius 2 is 2.39 bits per heavy atom. The SMILES string of the molecule is CCC(=CCNCCc1csc(C)n1)C(=O)OC. The first-order valence-corrected chi connectivity index (χ1v) is 6.94. The fourth-order valence-electron chi connectivity index (χ4n) is 1.54. The number of carbonyl (C=O) groups is 1. The van der Waals surface area contributed by atoms with Gasteiger partial charge in [-0.2, -0.15) is 0 Å². The van der Waals surface area contributed by atoms with E-state index in [1.165, 1.54) is 7.11 Å². The third kappa shape index (κ3) is 4.98. The Balaban J connectivity index is 2.25. The lowest BCUT2D eigenvalue weighted by atomic mass is 10.2. The summed E-state index contributed by atoms with van der Waals surface area (Å²) < 4.78 is 4.69. The Morgan fingerprint density at radius 1 is 1.61 bits per heavy atom. The van der Waals surface area contributed by atoms with Crippen molar-refractivity contribution in [3.05, 3.63) is 27.7 Å². The van der Waals surface area contributed by atoms with E-state index < -0.39 is 0 Å². The first kappa shape index (κ1) is 14.9. The second kappa shape index (κ2) is 8.00. The molecule has 0 radical (unpaired) electrons. The summed E-state index contributed by atoms with van der Waals surface area (Å²) in [5, 5.41) is 6.45. The Morgan fingerprint density at radius 3 is 2.94 bits per heavy atom. The highest BCUT2D eigenvalue weighted by molar-refractivity contribution is 7.09. The fraction of sp³-hybridized carbons (Fsp3) is 0.538. The summed E-state index contributed by atoms with van der Waals surface area (Å²) in [6.07, 6.45) is 3.50.